The molecule has 0 unspecified atom stereocenters. The lowest BCUT2D eigenvalue weighted by atomic mass is 10.0. The number of anilines is 1. The van der Waals surface area contributed by atoms with E-state index in [0.29, 0.717) is 18.8 Å². The molecule has 2 aromatic heterocycles. The molecule has 5 rings (SSSR count). The monoisotopic (exact) mass is 496 g/mol. The molecule has 0 fully saturated rings. The number of aromatic nitrogens is 4. The van der Waals surface area contributed by atoms with Gasteiger partial charge in [-0.25, -0.2) is 9.67 Å². The molecule has 0 saturated carbocycles. The van der Waals surface area contributed by atoms with E-state index < -0.39 is 0 Å². The fourth-order valence-corrected chi connectivity index (χ4v) is 4.94. The molecule has 1 aliphatic heterocycles. The Morgan fingerprint density at radius 3 is 2.30 bits per heavy atom. The molecule has 37 heavy (non-hydrogen) atoms. The number of amides is 2. The molecule has 3 heterocycles. The van der Waals surface area contributed by atoms with Crippen LogP contribution in [0.25, 0.3) is 11.4 Å². The predicted molar refractivity (Wildman–Crippen MR) is 143 cm³/mol. The number of imidazole rings is 1. The van der Waals surface area contributed by atoms with Gasteiger partial charge in [0.15, 0.2) is 0 Å². The van der Waals surface area contributed by atoms with Gasteiger partial charge in [0.25, 0.3) is 5.91 Å². The van der Waals surface area contributed by atoms with Crippen LogP contribution in [0.5, 0.6) is 0 Å². The topological polar surface area (TPSA) is 76.3 Å². The molecular formula is C29H32N6O2. The fourth-order valence-electron chi connectivity index (χ4n) is 4.94. The van der Waals surface area contributed by atoms with E-state index in [4.69, 9.17) is 5.10 Å². The molecular weight excluding hydrogens is 464 g/mol. The second-order valence-electron chi connectivity index (χ2n) is 9.84. The maximum absolute atomic E-state index is 13.7. The second-order valence-corrected chi connectivity index (χ2v) is 9.84. The maximum atomic E-state index is 13.7. The van der Waals surface area contributed by atoms with E-state index in [1.807, 2.05) is 91.9 Å². The number of hydrogen-bond donors (Lipinski definition) is 0. The molecule has 0 spiro atoms. The summed E-state index contributed by atoms with van der Waals surface area (Å²) >= 11 is 0. The summed E-state index contributed by atoms with van der Waals surface area (Å²) in [6.45, 7) is 10.6. The zero-order chi connectivity index (χ0) is 26.3. The average molecular weight is 497 g/mol. The number of fused-ring (bicyclic) bond motifs is 1. The molecule has 4 aromatic rings. The minimum absolute atomic E-state index is 0.0167. The van der Waals surface area contributed by atoms with Gasteiger partial charge in [0.1, 0.15) is 11.5 Å². The molecule has 0 atom stereocenters. The zero-order valence-corrected chi connectivity index (χ0v) is 22.0. The number of carbonyl (C=O) groups is 2. The van der Waals surface area contributed by atoms with Crippen LogP contribution in [0.15, 0.2) is 60.9 Å². The van der Waals surface area contributed by atoms with Gasteiger partial charge in [0.2, 0.25) is 5.91 Å². The smallest absolute Gasteiger partial charge is 0.277 e. The van der Waals surface area contributed by atoms with Crippen LogP contribution in [-0.4, -0.2) is 48.6 Å². The van der Waals surface area contributed by atoms with Crippen molar-refractivity contribution < 1.29 is 9.59 Å². The van der Waals surface area contributed by atoms with Crippen molar-refractivity contribution in [3.63, 3.8) is 0 Å². The lowest BCUT2D eigenvalue weighted by molar-refractivity contribution is -0.131. The Balaban J connectivity index is 1.42. The van der Waals surface area contributed by atoms with Crippen LogP contribution in [-0.2, 0) is 17.8 Å². The summed E-state index contributed by atoms with van der Waals surface area (Å²) in [5.74, 6) is 0.753. The van der Waals surface area contributed by atoms with Crippen molar-refractivity contribution in [1.29, 1.82) is 0 Å². The highest BCUT2D eigenvalue weighted by Gasteiger charge is 2.32. The first-order chi connectivity index (χ1) is 17.7. The summed E-state index contributed by atoms with van der Waals surface area (Å²) in [7, 11) is 0. The lowest BCUT2D eigenvalue weighted by Gasteiger charge is -2.28. The van der Waals surface area contributed by atoms with Crippen molar-refractivity contribution in [2.45, 2.75) is 53.6 Å². The van der Waals surface area contributed by atoms with Crippen LogP contribution in [0.2, 0.25) is 0 Å². The molecule has 8 heteroatoms. The highest BCUT2D eigenvalue weighted by molar-refractivity contribution is 6.07. The molecule has 0 N–H and O–H groups in total. The minimum atomic E-state index is -0.0486. The molecule has 0 bridgehead atoms. The quantitative estimate of drug-likeness (QED) is 0.390. The molecule has 0 saturated heterocycles. The first-order valence-electron chi connectivity index (χ1n) is 12.6. The summed E-state index contributed by atoms with van der Waals surface area (Å²) in [6.07, 6.45) is 4.39. The van der Waals surface area contributed by atoms with Gasteiger partial charge in [-0.05, 0) is 70.5 Å². The Morgan fingerprint density at radius 1 is 1.00 bits per heavy atom. The fraction of sp³-hybridized carbons (Fsp3) is 0.310. The van der Waals surface area contributed by atoms with Gasteiger partial charge in [-0.3, -0.25) is 9.59 Å². The lowest BCUT2D eigenvalue weighted by Crippen LogP contribution is -2.38. The zero-order valence-electron chi connectivity index (χ0n) is 22.0. The van der Waals surface area contributed by atoms with Gasteiger partial charge in [-0.1, -0.05) is 17.7 Å². The number of hydrogen-bond acceptors (Lipinski definition) is 4. The van der Waals surface area contributed by atoms with Crippen molar-refractivity contribution in [1.82, 2.24) is 24.2 Å². The molecule has 1 aliphatic rings. The molecule has 2 aromatic carbocycles. The highest BCUT2D eigenvalue weighted by atomic mass is 16.2. The van der Waals surface area contributed by atoms with Gasteiger partial charge in [0, 0.05) is 48.8 Å². The SMILES string of the molecule is CC(=O)N(Cc1nccn1-c1ccc(N2CCc3c(C)nn(-c4ccc(C)cc4)c3C2=O)cc1)C(C)C. The largest absolute Gasteiger partial charge is 0.333 e. The molecule has 8 nitrogen and oxygen atoms in total. The van der Waals surface area contributed by atoms with E-state index in [0.717, 1.165) is 46.1 Å². The van der Waals surface area contributed by atoms with Crippen LogP contribution in [0.1, 0.15) is 53.9 Å². The summed E-state index contributed by atoms with van der Waals surface area (Å²) < 4.78 is 3.76. The molecule has 2 amide bonds. The Labute approximate surface area is 217 Å². The van der Waals surface area contributed by atoms with E-state index in [-0.39, 0.29) is 17.9 Å². The van der Waals surface area contributed by atoms with Crippen molar-refractivity contribution >= 4 is 17.5 Å². The normalized spacial score (nSPS) is 13.2. The van der Waals surface area contributed by atoms with E-state index in [1.54, 1.807) is 22.7 Å². The second kappa shape index (κ2) is 9.69. The van der Waals surface area contributed by atoms with Crippen molar-refractivity contribution in [2.75, 3.05) is 11.4 Å². The maximum Gasteiger partial charge on any atom is 0.277 e. The third-order valence-electron chi connectivity index (χ3n) is 6.99. The minimum Gasteiger partial charge on any atom is -0.333 e. The number of nitrogens with zero attached hydrogens (tertiary/aromatic N) is 6. The molecule has 0 radical (unpaired) electrons. The van der Waals surface area contributed by atoms with Gasteiger partial charge in [-0.15, -0.1) is 0 Å². The first kappa shape index (κ1) is 24.5. The van der Waals surface area contributed by atoms with Crippen LogP contribution in [0, 0.1) is 13.8 Å². The van der Waals surface area contributed by atoms with Gasteiger partial charge >= 0.3 is 0 Å². The van der Waals surface area contributed by atoms with Gasteiger partial charge < -0.3 is 14.4 Å². The third-order valence-corrected chi connectivity index (χ3v) is 6.99. The highest BCUT2D eigenvalue weighted by Crippen LogP contribution is 2.29. The third kappa shape index (κ3) is 4.55. The van der Waals surface area contributed by atoms with E-state index >= 15 is 0 Å². The Bertz CT molecular complexity index is 1450. The predicted octanol–water partition coefficient (Wildman–Crippen LogP) is 4.63. The van der Waals surface area contributed by atoms with Crippen molar-refractivity contribution in [3.8, 4) is 11.4 Å². The average Bonchev–Trinajstić information content (AvgIpc) is 3.48. The van der Waals surface area contributed by atoms with Gasteiger partial charge in [0.05, 0.1) is 17.9 Å². The van der Waals surface area contributed by atoms with E-state index in [2.05, 4.69) is 4.98 Å². The van der Waals surface area contributed by atoms with Crippen LogP contribution < -0.4 is 4.90 Å². The first-order valence-corrected chi connectivity index (χ1v) is 12.6. The van der Waals surface area contributed by atoms with Crippen LogP contribution >= 0.6 is 0 Å². The van der Waals surface area contributed by atoms with Crippen molar-refractivity contribution in [3.05, 3.63) is 89.3 Å². The number of rotatable bonds is 6. The van der Waals surface area contributed by atoms with E-state index in [9.17, 15) is 9.59 Å². The van der Waals surface area contributed by atoms with Gasteiger partial charge in [-0.2, -0.15) is 5.10 Å². The molecule has 190 valence electrons. The Hall–Kier alpha value is -4.20. The van der Waals surface area contributed by atoms with Crippen LogP contribution in [0.4, 0.5) is 5.69 Å². The summed E-state index contributed by atoms with van der Waals surface area (Å²) in [5.41, 5.74) is 6.35. The molecule has 0 aliphatic carbocycles. The van der Waals surface area contributed by atoms with Crippen LogP contribution in [0.3, 0.4) is 0 Å². The Morgan fingerprint density at radius 2 is 1.65 bits per heavy atom. The van der Waals surface area contributed by atoms with E-state index in [1.165, 1.54) is 0 Å². The van der Waals surface area contributed by atoms with Crippen molar-refractivity contribution in [2.24, 2.45) is 0 Å². The number of aryl methyl sites for hydroxylation is 2. The Kier molecular flexibility index (Phi) is 6.41. The summed E-state index contributed by atoms with van der Waals surface area (Å²) in [4.78, 5) is 33.9. The summed E-state index contributed by atoms with van der Waals surface area (Å²) in [5, 5.41) is 4.71. The number of carbonyl (C=O) groups excluding carboxylic acids is 2. The number of benzene rings is 2. The summed E-state index contributed by atoms with van der Waals surface area (Å²) in [6, 6.07) is 16.0. The standard InChI is InChI=1S/C29H32N6O2/c1-19(2)34(22(5)36)18-27-30-15-17-32(27)23-10-12-24(13-11-23)33-16-14-26-21(4)31-35(28(26)29(33)37)25-8-6-20(3)7-9-25/h6-13,15,17,19H,14,16,18H2,1-5H3.